The lowest BCUT2D eigenvalue weighted by atomic mass is 9.89. The predicted molar refractivity (Wildman–Crippen MR) is 127 cm³/mol. The number of benzene rings is 2. The summed E-state index contributed by atoms with van der Waals surface area (Å²) in [5.74, 6) is -0.0884. The van der Waals surface area contributed by atoms with Gasteiger partial charge in [-0.2, -0.15) is 23.5 Å². The monoisotopic (exact) mass is 488 g/mol. The third-order valence-electron chi connectivity index (χ3n) is 6.96. The summed E-state index contributed by atoms with van der Waals surface area (Å²) in [6, 6.07) is 13.5. The Morgan fingerprint density at radius 1 is 1.11 bits per heavy atom. The lowest BCUT2D eigenvalue weighted by Gasteiger charge is -2.34. The summed E-state index contributed by atoms with van der Waals surface area (Å²) in [5.41, 5.74) is 1.34. The number of piperidine rings is 1. The van der Waals surface area contributed by atoms with Crippen molar-refractivity contribution in [1.82, 2.24) is 0 Å². The number of nitriles is 1. The van der Waals surface area contributed by atoms with Gasteiger partial charge in [0.05, 0.1) is 37.0 Å². The molecule has 0 amide bonds. The largest absolute Gasteiger partial charge is 0.497 e. The van der Waals surface area contributed by atoms with Crippen molar-refractivity contribution in [2.24, 2.45) is 16.9 Å². The molecular weight excluding hydrogens is 460 g/mol. The summed E-state index contributed by atoms with van der Waals surface area (Å²) in [5, 5.41) is 14.3. The summed E-state index contributed by atoms with van der Waals surface area (Å²) >= 11 is 0. The number of halogens is 4. The predicted octanol–water partition coefficient (Wildman–Crippen LogP) is 5.95. The van der Waals surface area contributed by atoms with Crippen molar-refractivity contribution in [3.63, 3.8) is 0 Å². The Hall–Kier alpha value is -3.28. The fourth-order valence-electron chi connectivity index (χ4n) is 4.95. The van der Waals surface area contributed by atoms with E-state index in [2.05, 4.69) is 5.10 Å². The van der Waals surface area contributed by atoms with E-state index >= 15 is 0 Å². The van der Waals surface area contributed by atoms with Crippen molar-refractivity contribution in [2.45, 2.75) is 44.8 Å². The molecule has 2 aliphatic rings. The van der Waals surface area contributed by atoms with Crippen molar-refractivity contribution >= 4 is 17.1 Å². The van der Waals surface area contributed by atoms with Gasteiger partial charge < -0.3 is 9.64 Å². The van der Waals surface area contributed by atoms with E-state index in [-0.39, 0.29) is 12.2 Å². The van der Waals surface area contributed by atoms with E-state index in [0.29, 0.717) is 23.0 Å². The van der Waals surface area contributed by atoms with E-state index in [1.807, 2.05) is 23.1 Å². The number of ether oxygens (including phenoxy) is 1. The fourth-order valence-corrected chi connectivity index (χ4v) is 4.95. The second-order valence-corrected chi connectivity index (χ2v) is 9.16. The molecule has 1 saturated heterocycles. The van der Waals surface area contributed by atoms with E-state index in [9.17, 15) is 17.6 Å². The second-order valence-electron chi connectivity index (χ2n) is 9.16. The van der Waals surface area contributed by atoms with Crippen LogP contribution in [0.2, 0.25) is 0 Å². The van der Waals surface area contributed by atoms with E-state index in [1.54, 1.807) is 31.4 Å². The number of anilines is 2. The SMILES string of the molecule is COc1ccc(F)c(N2CCC(Cc3ccc(N4N=C(C(F)(F)F)[C@@H](C)[C@@H]4CC#N)cc3)CC2)c1. The molecule has 186 valence electrons. The summed E-state index contributed by atoms with van der Waals surface area (Å²) in [4.78, 5) is 2.04. The van der Waals surface area contributed by atoms with Gasteiger partial charge in [-0.05, 0) is 55.0 Å². The van der Waals surface area contributed by atoms with Crippen LogP contribution in [0.5, 0.6) is 5.75 Å². The van der Waals surface area contributed by atoms with Crippen LogP contribution in [0.3, 0.4) is 0 Å². The molecule has 0 aromatic heterocycles. The molecule has 2 aliphatic heterocycles. The molecule has 0 unspecified atom stereocenters. The van der Waals surface area contributed by atoms with Gasteiger partial charge in [0.15, 0.2) is 0 Å². The Bertz CT molecular complexity index is 1100. The highest BCUT2D eigenvalue weighted by Gasteiger charge is 2.48. The molecule has 35 heavy (non-hydrogen) atoms. The summed E-state index contributed by atoms with van der Waals surface area (Å²) in [7, 11) is 1.56. The van der Waals surface area contributed by atoms with Gasteiger partial charge in [0.25, 0.3) is 0 Å². The molecule has 2 heterocycles. The topological polar surface area (TPSA) is 51.9 Å². The first-order valence-corrected chi connectivity index (χ1v) is 11.7. The van der Waals surface area contributed by atoms with Gasteiger partial charge in [-0.3, -0.25) is 5.01 Å². The minimum atomic E-state index is -4.52. The number of alkyl halides is 3. The van der Waals surface area contributed by atoms with Crippen LogP contribution < -0.4 is 14.6 Å². The van der Waals surface area contributed by atoms with Gasteiger partial charge in [-0.1, -0.05) is 19.1 Å². The Balaban J connectivity index is 1.40. The molecule has 2 atom stereocenters. The number of methoxy groups -OCH3 is 1. The van der Waals surface area contributed by atoms with E-state index in [0.717, 1.165) is 37.9 Å². The Labute approximate surface area is 202 Å². The highest BCUT2D eigenvalue weighted by atomic mass is 19.4. The maximum Gasteiger partial charge on any atom is 0.431 e. The Morgan fingerprint density at radius 3 is 2.40 bits per heavy atom. The quantitative estimate of drug-likeness (QED) is 0.472. The molecule has 0 N–H and O–H groups in total. The van der Waals surface area contributed by atoms with Gasteiger partial charge in [0.1, 0.15) is 17.3 Å². The standard InChI is InChI=1S/C26H28F4N4O/c1-17-23(9-12-31)34(32-25(17)26(28,29)30)20-5-3-18(4-6-20)15-19-10-13-33(14-11-19)24-16-21(35-2)7-8-22(24)27/h3-8,16-17,19,23H,9-11,13-15H2,1-2H3/t17-,23-/m0/s1. The van der Waals surface area contributed by atoms with Crippen molar-refractivity contribution in [1.29, 1.82) is 5.26 Å². The van der Waals surface area contributed by atoms with E-state index < -0.39 is 23.8 Å². The van der Waals surface area contributed by atoms with Crippen LogP contribution in [0.1, 0.15) is 31.7 Å². The van der Waals surface area contributed by atoms with Crippen molar-refractivity contribution < 1.29 is 22.3 Å². The van der Waals surface area contributed by atoms with Crippen LogP contribution in [0, 0.1) is 29.0 Å². The number of hydrogen-bond donors (Lipinski definition) is 0. The molecule has 5 nitrogen and oxygen atoms in total. The number of hydrazone groups is 1. The summed E-state index contributed by atoms with van der Waals surface area (Å²) < 4.78 is 59.6. The van der Waals surface area contributed by atoms with Crippen LogP contribution in [0.4, 0.5) is 28.9 Å². The molecular formula is C26H28F4N4O. The molecule has 4 rings (SSSR count). The van der Waals surface area contributed by atoms with Crippen molar-refractivity contribution in [2.75, 3.05) is 30.1 Å². The molecule has 0 radical (unpaired) electrons. The Morgan fingerprint density at radius 2 is 1.80 bits per heavy atom. The first kappa shape index (κ1) is 24.8. The Kier molecular flexibility index (Phi) is 7.20. The van der Waals surface area contributed by atoms with Gasteiger partial charge in [0, 0.05) is 25.1 Å². The maximum absolute atomic E-state index is 14.3. The molecule has 9 heteroatoms. The van der Waals surface area contributed by atoms with Crippen LogP contribution in [0.15, 0.2) is 47.6 Å². The van der Waals surface area contributed by atoms with Crippen LogP contribution in [0.25, 0.3) is 0 Å². The number of hydrogen-bond acceptors (Lipinski definition) is 5. The lowest BCUT2D eigenvalue weighted by Crippen LogP contribution is -2.35. The minimum Gasteiger partial charge on any atom is -0.497 e. The minimum absolute atomic E-state index is 0.0432. The van der Waals surface area contributed by atoms with Gasteiger partial charge in [-0.25, -0.2) is 4.39 Å². The molecule has 0 saturated carbocycles. The van der Waals surface area contributed by atoms with Gasteiger partial charge in [-0.15, -0.1) is 0 Å². The van der Waals surface area contributed by atoms with Gasteiger partial charge in [0.2, 0.25) is 0 Å². The van der Waals surface area contributed by atoms with E-state index in [1.165, 1.54) is 18.0 Å². The zero-order valence-electron chi connectivity index (χ0n) is 19.7. The summed E-state index contributed by atoms with van der Waals surface area (Å²) in [6.45, 7) is 2.94. The van der Waals surface area contributed by atoms with Crippen LogP contribution in [-0.2, 0) is 6.42 Å². The van der Waals surface area contributed by atoms with E-state index in [4.69, 9.17) is 10.00 Å². The number of nitrogens with zero attached hydrogens (tertiary/aromatic N) is 4. The van der Waals surface area contributed by atoms with Crippen LogP contribution in [-0.4, -0.2) is 38.1 Å². The molecule has 0 spiro atoms. The highest BCUT2D eigenvalue weighted by molar-refractivity contribution is 5.95. The number of rotatable bonds is 6. The normalized spacial score (nSPS) is 21.1. The van der Waals surface area contributed by atoms with Gasteiger partial charge >= 0.3 is 6.18 Å². The molecule has 0 bridgehead atoms. The molecule has 1 fully saturated rings. The zero-order chi connectivity index (χ0) is 25.2. The van der Waals surface area contributed by atoms with Crippen molar-refractivity contribution in [3.05, 3.63) is 53.8 Å². The fraction of sp³-hybridized carbons (Fsp3) is 0.462. The lowest BCUT2D eigenvalue weighted by molar-refractivity contribution is -0.0620. The average Bonchev–Trinajstić information content (AvgIpc) is 3.17. The third-order valence-corrected chi connectivity index (χ3v) is 6.96. The second kappa shape index (κ2) is 10.1. The first-order valence-electron chi connectivity index (χ1n) is 11.7. The van der Waals surface area contributed by atoms with Crippen LogP contribution >= 0.6 is 0 Å². The maximum atomic E-state index is 14.3. The highest BCUT2D eigenvalue weighted by Crippen LogP contribution is 2.36. The molecule has 2 aromatic carbocycles. The molecule has 2 aromatic rings. The smallest absolute Gasteiger partial charge is 0.431 e. The van der Waals surface area contributed by atoms with Crippen molar-refractivity contribution in [3.8, 4) is 11.8 Å². The first-order chi connectivity index (χ1) is 16.7. The third kappa shape index (κ3) is 5.37. The summed E-state index contributed by atoms with van der Waals surface area (Å²) in [6.07, 6.45) is -1.91. The average molecular weight is 489 g/mol. The molecule has 0 aliphatic carbocycles. The zero-order valence-corrected chi connectivity index (χ0v) is 19.7.